The zero-order valence-corrected chi connectivity index (χ0v) is 11.6. The molecule has 1 amide bonds. The first-order chi connectivity index (χ1) is 9.65. The fourth-order valence-corrected chi connectivity index (χ4v) is 1.48. The van der Waals surface area contributed by atoms with Crippen LogP contribution in [0.3, 0.4) is 0 Å². The highest BCUT2D eigenvalue weighted by Crippen LogP contribution is 2.22. The molecular formula is C12H16N4O5. The van der Waals surface area contributed by atoms with Crippen LogP contribution in [0.5, 0.6) is 0 Å². The molecule has 0 aromatic carbocycles. The first-order valence-electron chi connectivity index (χ1n) is 6.06. The minimum absolute atomic E-state index is 0.0919. The molecule has 0 saturated carbocycles. The molecule has 21 heavy (non-hydrogen) atoms. The van der Waals surface area contributed by atoms with Gasteiger partial charge in [-0.3, -0.25) is 19.7 Å². The average Bonchev–Trinajstić information content (AvgIpc) is 2.38. The lowest BCUT2D eigenvalue weighted by Crippen LogP contribution is -2.27. The monoisotopic (exact) mass is 296 g/mol. The Bertz CT molecular complexity index is 585. The first-order valence-corrected chi connectivity index (χ1v) is 6.06. The Morgan fingerprint density at radius 1 is 1.52 bits per heavy atom. The number of rotatable bonds is 7. The molecule has 0 atom stereocenters. The van der Waals surface area contributed by atoms with Gasteiger partial charge in [0.05, 0.1) is 15.9 Å². The number of nitrogens with two attached hydrogens (primary N) is 1. The van der Waals surface area contributed by atoms with Gasteiger partial charge in [0, 0.05) is 12.6 Å². The van der Waals surface area contributed by atoms with E-state index < -0.39 is 22.2 Å². The van der Waals surface area contributed by atoms with Gasteiger partial charge in [0.1, 0.15) is 12.0 Å². The molecule has 0 unspecified atom stereocenters. The van der Waals surface area contributed by atoms with E-state index in [9.17, 15) is 19.7 Å². The summed E-state index contributed by atoms with van der Waals surface area (Å²) in [5, 5.41) is 22.4. The fourth-order valence-electron chi connectivity index (χ4n) is 1.48. The number of nitrogens with zero attached hydrogens (tertiary/aromatic N) is 2. The van der Waals surface area contributed by atoms with Gasteiger partial charge in [0.15, 0.2) is 0 Å². The molecule has 0 radical (unpaired) electrons. The SMILES string of the molecule is CC(C)(CCNc1ncc([N+](=O)[O-])cc1C(N)=O)C(=O)O. The van der Waals surface area contributed by atoms with Crippen molar-refractivity contribution < 1.29 is 19.6 Å². The molecule has 0 fully saturated rings. The van der Waals surface area contributed by atoms with Crippen LogP contribution in [0.25, 0.3) is 0 Å². The van der Waals surface area contributed by atoms with Gasteiger partial charge in [0.2, 0.25) is 0 Å². The highest BCUT2D eigenvalue weighted by molar-refractivity contribution is 5.98. The van der Waals surface area contributed by atoms with Crippen molar-refractivity contribution in [3.05, 3.63) is 27.9 Å². The Balaban J connectivity index is 2.87. The molecule has 1 aromatic rings. The number of primary amides is 1. The van der Waals surface area contributed by atoms with Crippen LogP contribution in [0.4, 0.5) is 11.5 Å². The Morgan fingerprint density at radius 3 is 2.62 bits per heavy atom. The van der Waals surface area contributed by atoms with Crippen molar-refractivity contribution in [2.24, 2.45) is 11.1 Å². The second-order valence-corrected chi connectivity index (χ2v) is 5.08. The summed E-state index contributed by atoms with van der Waals surface area (Å²) in [4.78, 5) is 36.0. The highest BCUT2D eigenvalue weighted by atomic mass is 16.6. The molecule has 9 heteroatoms. The molecule has 0 aliphatic rings. The second kappa shape index (κ2) is 6.16. The summed E-state index contributed by atoms with van der Waals surface area (Å²) in [5.41, 5.74) is 3.75. The normalized spacial score (nSPS) is 11.0. The van der Waals surface area contributed by atoms with Crippen molar-refractivity contribution in [1.82, 2.24) is 4.98 Å². The van der Waals surface area contributed by atoms with Crippen LogP contribution in [0, 0.1) is 15.5 Å². The van der Waals surface area contributed by atoms with E-state index in [1.165, 1.54) is 0 Å². The molecule has 1 aromatic heterocycles. The van der Waals surface area contributed by atoms with Gasteiger partial charge in [-0.15, -0.1) is 0 Å². The van der Waals surface area contributed by atoms with Crippen LogP contribution >= 0.6 is 0 Å². The van der Waals surface area contributed by atoms with Crippen LogP contribution in [-0.4, -0.2) is 33.4 Å². The minimum atomic E-state index is -0.948. The number of carbonyl (C=O) groups excluding carboxylic acids is 1. The molecule has 114 valence electrons. The summed E-state index contributed by atoms with van der Waals surface area (Å²) in [5.74, 6) is -1.71. The van der Waals surface area contributed by atoms with Crippen LogP contribution in [0.1, 0.15) is 30.6 Å². The van der Waals surface area contributed by atoms with Crippen molar-refractivity contribution in [2.75, 3.05) is 11.9 Å². The molecular weight excluding hydrogens is 280 g/mol. The van der Waals surface area contributed by atoms with E-state index in [1.807, 2.05) is 0 Å². The van der Waals surface area contributed by atoms with Crippen molar-refractivity contribution in [3.63, 3.8) is 0 Å². The average molecular weight is 296 g/mol. The van der Waals surface area contributed by atoms with E-state index in [1.54, 1.807) is 13.8 Å². The summed E-state index contributed by atoms with van der Waals surface area (Å²) in [6, 6.07) is 1.03. The highest BCUT2D eigenvalue weighted by Gasteiger charge is 2.26. The van der Waals surface area contributed by atoms with Gasteiger partial charge in [-0.05, 0) is 20.3 Å². The number of nitrogens with one attached hydrogen (secondary N) is 1. The van der Waals surface area contributed by atoms with Gasteiger partial charge in [0.25, 0.3) is 11.6 Å². The van der Waals surface area contributed by atoms with Gasteiger partial charge in [-0.25, -0.2) is 4.98 Å². The summed E-state index contributed by atoms with van der Waals surface area (Å²) in [6.45, 7) is 3.36. The van der Waals surface area contributed by atoms with E-state index in [0.717, 1.165) is 12.3 Å². The molecule has 1 heterocycles. The number of anilines is 1. The number of pyridine rings is 1. The fraction of sp³-hybridized carbons (Fsp3) is 0.417. The Kier molecular flexibility index (Phi) is 4.79. The number of aromatic nitrogens is 1. The largest absolute Gasteiger partial charge is 0.481 e. The smallest absolute Gasteiger partial charge is 0.309 e. The maximum atomic E-state index is 11.3. The Labute approximate surface area is 120 Å². The van der Waals surface area contributed by atoms with Crippen molar-refractivity contribution in [2.45, 2.75) is 20.3 Å². The third kappa shape index (κ3) is 4.13. The second-order valence-electron chi connectivity index (χ2n) is 5.08. The zero-order valence-electron chi connectivity index (χ0n) is 11.6. The quantitative estimate of drug-likeness (QED) is 0.502. The number of carboxylic acid groups (broad SMARTS) is 1. The zero-order chi connectivity index (χ0) is 16.2. The third-order valence-electron chi connectivity index (χ3n) is 2.97. The van der Waals surface area contributed by atoms with Crippen molar-refractivity contribution >= 4 is 23.4 Å². The molecule has 9 nitrogen and oxygen atoms in total. The van der Waals surface area contributed by atoms with Crippen LogP contribution < -0.4 is 11.1 Å². The van der Waals surface area contributed by atoms with Crippen LogP contribution in [-0.2, 0) is 4.79 Å². The number of nitro groups is 1. The molecule has 4 N–H and O–H groups in total. The van der Waals surface area contributed by atoms with Crippen LogP contribution in [0.2, 0.25) is 0 Å². The lowest BCUT2D eigenvalue weighted by Gasteiger charge is -2.19. The van der Waals surface area contributed by atoms with Gasteiger partial charge in [-0.1, -0.05) is 0 Å². The maximum Gasteiger partial charge on any atom is 0.309 e. The number of hydrogen-bond acceptors (Lipinski definition) is 6. The summed E-state index contributed by atoms with van der Waals surface area (Å²) in [6.07, 6.45) is 1.27. The predicted molar refractivity (Wildman–Crippen MR) is 73.9 cm³/mol. The molecule has 1 rings (SSSR count). The molecule has 0 aliphatic carbocycles. The topological polar surface area (TPSA) is 148 Å². The number of hydrogen-bond donors (Lipinski definition) is 3. The number of carbonyl (C=O) groups is 2. The van der Waals surface area contributed by atoms with Crippen LogP contribution in [0.15, 0.2) is 12.3 Å². The lowest BCUT2D eigenvalue weighted by molar-refractivity contribution is -0.385. The lowest BCUT2D eigenvalue weighted by atomic mass is 9.90. The minimum Gasteiger partial charge on any atom is -0.481 e. The van der Waals surface area contributed by atoms with Gasteiger partial charge >= 0.3 is 5.97 Å². The van der Waals surface area contributed by atoms with Gasteiger partial charge in [-0.2, -0.15) is 0 Å². The molecule has 0 aliphatic heterocycles. The van der Waals surface area contributed by atoms with E-state index in [-0.39, 0.29) is 30.0 Å². The summed E-state index contributed by atoms with van der Waals surface area (Å²) >= 11 is 0. The van der Waals surface area contributed by atoms with Crippen molar-refractivity contribution in [3.8, 4) is 0 Å². The third-order valence-corrected chi connectivity index (χ3v) is 2.97. The standard InChI is InChI=1S/C12H16N4O5/c1-12(2,11(18)19)3-4-14-10-8(9(13)17)5-7(6-15-10)16(20)21/h5-6H,3-4H2,1-2H3,(H2,13,17)(H,14,15)(H,18,19). The van der Waals surface area contributed by atoms with E-state index in [2.05, 4.69) is 10.3 Å². The maximum absolute atomic E-state index is 11.3. The summed E-state index contributed by atoms with van der Waals surface area (Å²) in [7, 11) is 0. The molecule has 0 bridgehead atoms. The predicted octanol–water partition coefficient (Wildman–Crippen LogP) is 1.00. The number of aliphatic carboxylic acids is 1. The number of amides is 1. The van der Waals surface area contributed by atoms with E-state index >= 15 is 0 Å². The Hall–Kier alpha value is -2.71. The Morgan fingerprint density at radius 2 is 2.14 bits per heavy atom. The number of carboxylic acids is 1. The summed E-state index contributed by atoms with van der Waals surface area (Å²) < 4.78 is 0. The molecule has 0 saturated heterocycles. The first kappa shape index (κ1) is 16.3. The molecule has 0 spiro atoms. The van der Waals surface area contributed by atoms with Crippen molar-refractivity contribution in [1.29, 1.82) is 0 Å². The van der Waals surface area contributed by atoms with Gasteiger partial charge < -0.3 is 16.2 Å². The van der Waals surface area contributed by atoms with E-state index in [0.29, 0.717) is 0 Å². The van der Waals surface area contributed by atoms with E-state index in [4.69, 9.17) is 10.8 Å².